The van der Waals surface area contributed by atoms with Crippen molar-refractivity contribution in [1.82, 2.24) is 24.4 Å². The quantitative estimate of drug-likeness (QED) is 0.686. The number of likely N-dealkylation sites (N-methyl/N-ethyl adjacent to an activating group) is 1. The molecule has 2 aromatic rings. The summed E-state index contributed by atoms with van der Waals surface area (Å²) in [7, 11) is 3.83. The first-order valence-corrected chi connectivity index (χ1v) is 10.0. The Morgan fingerprint density at radius 3 is 2.76 bits per heavy atom. The zero-order valence-electron chi connectivity index (χ0n) is 17.5. The molecule has 0 radical (unpaired) electrons. The van der Waals surface area contributed by atoms with Crippen LogP contribution in [0.15, 0.2) is 12.7 Å². The van der Waals surface area contributed by atoms with E-state index in [9.17, 15) is 0 Å². The van der Waals surface area contributed by atoms with Crippen LogP contribution in [-0.4, -0.2) is 75.7 Å². The number of nitrogens with zero attached hydrogens (tertiary/aromatic N) is 5. The summed E-state index contributed by atoms with van der Waals surface area (Å²) in [6, 6.07) is 0.525. The van der Waals surface area contributed by atoms with Crippen molar-refractivity contribution in [3.05, 3.63) is 12.7 Å². The number of ether oxygens (including phenoxy) is 3. The second-order valence-electron chi connectivity index (χ2n) is 8.51. The number of hydrogen-bond donors (Lipinski definition) is 2. The van der Waals surface area contributed by atoms with Gasteiger partial charge in [-0.15, -0.1) is 0 Å². The van der Waals surface area contributed by atoms with Crippen molar-refractivity contribution < 1.29 is 14.2 Å². The average Bonchev–Trinajstić information content (AvgIpc) is 3.20. The Bertz CT molecular complexity index is 851. The lowest BCUT2D eigenvalue weighted by Gasteiger charge is -2.42. The van der Waals surface area contributed by atoms with Crippen LogP contribution in [0.4, 0.5) is 5.82 Å². The predicted molar refractivity (Wildman–Crippen MR) is 108 cm³/mol. The summed E-state index contributed by atoms with van der Waals surface area (Å²) in [6.45, 7) is 5.28. The van der Waals surface area contributed by atoms with E-state index < -0.39 is 12.0 Å². The maximum Gasteiger partial charge on any atom is 0.169 e. The van der Waals surface area contributed by atoms with Crippen LogP contribution in [0, 0.1) is 5.92 Å². The molecule has 10 nitrogen and oxygen atoms in total. The molecule has 0 unspecified atom stereocenters. The van der Waals surface area contributed by atoms with Gasteiger partial charge in [-0.25, -0.2) is 15.0 Å². The van der Waals surface area contributed by atoms with Crippen molar-refractivity contribution in [1.29, 1.82) is 0 Å². The molecule has 1 saturated heterocycles. The first-order valence-electron chi connectivity index (χ1n) is 10.0. The van der Waals surface area contributed by atoms with Crippen molar-refractivity contribution in [2.24, 2.45) is 11.7 Å². The van der Waals surface area contributed by atoms with Crippen molar-refractivity contribution in [2.75, 3.05) is 33.0 Å². The molecule has 3 heterocycles. The second kappa shape index (κ2) is 7.77. The van der Waals surface area contributed by atoms with Crippen LogP contribution in [0.3, 0.4) is 0 Å². The monoisotopic (exact) mass is 405 g/mol. The Morgan fingerprint density at radius 2 is 2.07 bits per heavy atom. The zero-order chi connectivity index (χ0) is 20.8. The lowest BCUT2D eigenvalue weighted by Crippen LogP contribution is -2.50. The first-order chi connectivity index (χ1) is 13.8. The van der Waals surface area contributed by atoms with E-state index in [1.165, 1.54) is 6.33 Å². The molecular formula is C19H31N7O3. The third-order valence-electron chi connectivity index (χ3n) is 6.07. The number of aromatic nitrogens is 4. The molecule has 29 heavy (non-hydrogen) atoms. The van der Waals surface area contributed by atoms with Gasteiger partial charge in [0.1, 0.15) is 24.1 Å². The summed E-state index contributed by atoms with van der Waals surface area (Å²) < 4.78 is 20.2. The third kappa shape index (κ3) is 3.82. The highest BCUT2D eigenvalue weighted by molar-refractivity contribution is 5.81. The van der Waals surface area contributed by atoms with Crippen LogP contribution in [0.2, 0.25) is 0 Å². The second-order valence-corrected chi connectivity index (χ2v) is 8.51. The fraction of sp³-hybridized carbons (Fsp3) is 0.737. The SMILES string of the molecule is CO[C@H](CN(C)C1CC(CN)C1)[C@H]1OC(C)(C)O[C@H]1n1cnc2c(N)ncnc21. The minimum absolute atomic E-state index is 0.194. The highest BCUT2D eigenvalue weighted by Gasteiger charge is 2.48. The molecule has 0 amide bonds. The Kier molecular flexibility index (Phi) is 5.47. The average molecular weight is 406 g/mol. The van der Waals surface area contributed by atoms with E-state index in [0.29, 0.717) is 28.9 Å². The summed E-state index contributed by atoms with van der Waals surface area (Å²) in [5.74, 6) is 0.204. The minimum atomic E-state index is -0.763. The smallest absolute Gasteiger partial charge is 0.169 e. The van der Waals surface area contributed by atoms with Gasteiger partial charge in [0.15, 0.2) is 23.5 Å². The molecule has 2 aliphatic rings. The number of anilines is 1. The van der Waals surface area contributed by atoms with Gasteiger partial charge in [0.05, 0.1) is 6.33 Å². The van der Waals surface area contributed by atoms with E-state index in [0.717, 1.165) is 25.9 Å². The molecule has 0 spiro atoms. The molecule has 0 bridgehead atoms. The number of rotatable bonds is 7. The number of nitrogens with two attached hydrogens (primary N) is 2. The molecule has 1 aliphatic carbocycles. The number of fused-ring (bicyclic) bond motifs is 1. The Labute approximate surface area is 170 Å². The molecule has 4 N–H and O–H groups in total. The van der Waals surface area contributed by atoms with Gasteiger partial charge in [0.25, 0.3) is 0 Å². The Balaban J connectivity index is 1.57. The lowest BCUT2D eigenvalue weighted by atomic mass is 9.79. The van der Waals surface area contributed by atoms with Gasteiger partial charge in [-0.1, -0.05) is 0 Å². The van der Waals surface area contributed by atoms with Crippen molar-refractivity contribution in [3.8, 4) is 0 Å². The molecule has 0 aromatic carbocycles. The molecule has 10 heteroatoms. The standard InChI is InChI=1S/C19H31N7O3/c1-19(2)28-15(13(27-4)8-25(3)12-5-11(6-12)7-20)18(29-19)26-10-24-14-16(21)22-9-23-17(14)26/h9-13,15,18H,5-8,20H2,1-4H3,(H2,21,22,23)/t11?,12?,13-,15-,18-/m1/s1. The molecule has 1 saturated carbocycles. The van der Waals surface area contributed by atoms with Crippen LogP contribution < -0.4 is 11.5 Å². The number of methoxy groups -OCH3 is 1. The van der Waals surface area contributed by atoms with Gasteiger partial charge >= 0.3 is 0 Å². The summed E-state index contributed by atoms with van der Waals surface area (Å²) in [4.78, 5) is 15.1. The summed E-state index contributed by atoms with van der Waals surface area (Å²) >= 11 is 0. The van der Waals surface area contributed by atoms with Gasteiger partial charge < -0.3 is 30.6 Å². The Morgan fingerprint density at radius 1 is 1.31 bits per heavy atom. The minimum Gasteiger partial charge on any atom is -0.382 e. The van der Waals surface area contributed by atoms with Crippen LogP contribution in [0.5, 0.6) is 0 Å². The molecule has 1 aliphatic heterocycles. The fourth-order valence-corrected chi connectivity index (χ4v) is 4.30. The van der Waals surface area contributed by atoms with Gasteiger partial charge in [-0.3, -0.25) is 4.57 Å². The van der Waals surface area contributed by atoms with Crippen molar-refractivity contribution >= 4 is 17.0 Å². The zero-order valence-corrected chi connectivity index (χ0v) is 17.5. The van der Waals surface area contributed by atoms with E-state index in [4.69, 9.17) is 25.7 Å². The van der Waals surface area contributed by atoms with Gasteiger partial charge in [-0.2, -0.15) is 0 Å². The molecule has 4 rings (SSSR count). The van der Waals surface area contributed by atoms with Crippen molar-refractivity contribution in [2.45, 2.75) is 57.0 Å². The number of nitrogen functional groups attached to an aromatic ring is 1. The van der Waals surface area contributed by atoms with E-state index in [1.54, 1.807) is 13.4 Å². The van der Waals surface area contributed by atoms with Crippen LogP contribution in [-0.2, 0) is 14.2 Å². The fourth-order valence-electron chi connectivity index (χ4n) is 4.30. The molecule has 160 valence electrons. The topological polar surface area (TPSA) is 127 Å². The number of imidazole rings is 1. The highest BCUT2D eigenvalue weighted by Crippen LogP contribution is 2.39. The first kappa shape index (κ1) is 20.4. The molecule has 3 atom stereocenters. The molecule has 2 aromatic heterocycles. The number of hydrogen-bond acceptors (Lipinski definition) is 9. The normalized spacial score (nSPS) is 30.0. The maximum atomic E-state index is 6.27. The molecule has 2 fully saturated rings. The van der Waals surface area contributed by atoms with E-state index >= 15 is 0 Å². The van der Waals surface area contributed by atoms with Crippen LogP contribution in [0.25, 0.3) is 11.2 Å². The van der Waals surface area contributed by atoms with Crippen LogP contribution in [0.1, 0.15) is 32.9 Å². The van der Waals surface area contributed by atoms with E-state index in [2.05, 4.69) is 26.9 Å². The highest BCUT2D eigenvalue weighted by atomic mass is 16.8. The van der Waals surface area contributed by atoms with Gasteiger partial charge in [0.2, 0.25) is 0 Å². The summed E-state index contributed by atoms with van der Waals surface area (Å²) in [5.41, 5.74) is 12.9. The van der Waals surface area contributed by atoms with Gasteiger partial charge in [-0.05, 0) is 46.2 Å². The van der Waals surface area contributed by atoms with E-state index in [-0.39, 0.29) is 12.2 Å². The maximum absolute atomic E-state index is 6.27. The van der Waals surface area contributed by atoms with Crippen molar-refractivity contribution in [3.63, 3.8) is 0 Å². The summed E-state index contributed by atoms with van der Waals surface area (Å²) in [5, 5.41) is 0. The van der Waals surface area contributed by atoms with Crippen LogP contribution >= 0.6 is 0 Å². The lowest BCUT2D eigenvalue weighted by molar-refractivity contribution is -0.162. The molecular weight excluding hydrogens is 374 g/mol. The summed E-state index contributed by atoms with van der Waals surface area (Å²) in [6.07, 6.45) is 4.38. The largest absolute Gasteiger partial charge is 0.382 e. The predicted octanol–water partition coefficient (Wildman–Crippen LogP) is 0.743. The van der Waals surface area contributed by atoms with Gasteiger partial charge in [0, 0.05) is 19.7 Å². The van der Waals surface area contributed by atoms with E-state index in [1.807, 2.05) is 18.4 Å². The third-order valence-corrected chi connectivity index (χ3v) is 6.07. The Hall–Kier alpha value is -1.85.